The van der Waals surface area contributed by atoms with Crippen molar-refractivity contribution in [3.05, 3.63) is 27.4 Å². The van der Waals surface area contributed by atoms with Gasteiger partial charge in [0.2, 0.25) is 0 Å². The molecular formula is C14H20N2O4. The Balaban J connectivity index is 2.49. The van der Waals surface area contributed by atoms with Gasteiger partial charge in [-0.25, -0.2) is 4.79 Å². The van der Waals surface area contributed by atoms with Gasteiger partial charge in [0, 0.05) is 24.4 Å². The van der Waals surface area contributed by atoms with E-state index in [1.165, 1.54) is 0 Å². The van der Waals surface area contributed by atoms with Crippen molar-refractivity contribution in [3.8, 4) is 0 Å². The minimum atomic E-state index is -0.850. The third-order valence-electron chi connectivity index (χ3n) is 3.99. The van der Waals surface area contributed by atoms with Crippen molar-refractivity contribution >= 4 is 5.97 Å². The maximum absolute atomic E-state index is 12.2. The van der Waals surface area contributed by atoms with E-state index in [2.05, 4.69) is 4.98 Å². The van der Waals surface area contributed by atoms with Crippen molar-refractivity contribution in [2.75, 3.05) is 13.2 Å². The Kier molecular flexibility index (Phi) is 3.94. The average molecular weight is 280 g/mol. The molecule has 0 radical (unpaired) electrons. The minimum Gasteiger partial charge on any atom is -0.481 e. The number of carbonyl (C=O) groups is 1. The number of rotatable bonds is 4. The topological polar surface area (TPSA) is 81.4 Å². The van der Waals surface area contributed by atoms with E-state index in [0.29, 0.717) is 25.3 Å². The number of aryl methyl sites for hydroxylation is 1. The van der Waals surface area contributed by atoms with Crippen LogP contribution in [0.3, 0.4) is 0 Å². The largest absolute Gasteiger partial charge is 0.481 e. The summed E-state index contributed by atoms with van der Waals surface area (Å²) in [5.41, 5.74) is 1.59. The normalized spacial score (nSPS) is 22.1. The molecule has 1 fully saturated rings. The van der Waals surface area contributed by atoms with Crippen molar-refractivity contribution in [2.24, 2.45) is 0 Å². The third-order valence-corrected chi connectivity index (χ3v) is 3.99. The first kappa shape index (κ1) is 14.7. The van der Waals surface area contributed by atoms with Crippen LogP contribution >= 0.6 is 0 Å². The smallest absolute Gasteiger partial charge is 0.348 e. The molecule has 2 rings (SSSR count). The Labute approximate surface area is 117 Å². The second-order valence-corrected chi connectivity index (χ2v) is 5.57. The van der Waals surface area contributed by atoms with Crippen LogP contribution in [0.15, 0.2) is 4.79 Å². The molecule has 1 unspecified atom stereocenters. The number of nitrogens with zero attached hydrogens (tertiary/aromatic N) is 2. The molecule has 2 heterocycles. The van der Waals surface area contributed by atoms with Crippen molar-refractivity contribution in [1.82, 2.24) is 9.55 Å². The van der Waals surface area contributed by atoms with Gasteiger partial charge in [0.15, 0.2) is 0 Å². The van der Waals surface area contributed by atoms with Gasteiger partial charge in [-0.3, -0.25) is 9.36 Å². The monoisotopic (exact) mass is 280 g/mol. The predicted molar refractivity (Wildman–Crippen MR) is 73.0 cm³/mol. The summed E-state index contributed by atoms with van der Waals surface area (Å²) in [6.07, 6.45) is 1.18. The van der Waals surface area contributed by atoms with E-state index in [4.69, 9.17) is 9.84 Å². The van der Waals surface area contributed by atoms with Crippen LogP contribution in [0.25, 0.3) is 0 Å². The van der Waals surface area contributed by atoms with Crippen LogP contribution in [0.2, 0.25) is 0 Å². The van der Waals surface area contributed by atoms with Gasteiger partial charge in [-0.05, 0) is 39.2 Å². The van der Waals surface area contributed by atoms with Crippen LogP contribution in [0.5, 0.6) is 0 Å². The van der Waals surface area contributed by atoms with Gasteiger partial charge in [0.1, 0.15) is 0 Å². The van der Waals surface area contributed by atoms with E-state index < -0.39 is 5.97 Å². The van der Waals surface area contributed by atoms with Crippen LogP contribution < -0.4 is 5.69 Å². The van der Waals surface area contributed by atoms with E-state index in [1.54, 1.807) is 11.5 Å². The molecule has 1 N–H and O–H groups in total. The number of ether oxygens (including phenoxy) is 1. The summed E-state index contributed by atoms with van der Waals surface area (Å²) in [6.45, 7) is 6.70. The predicted octanol–water partition coefficient (Wildman–Crippen LogP) is 1.01. The molecule has 1 saturated heterocycles. The van der Waals surface area contributed by atoms with Gasteiger partial charge < -0.3 is 9.84 Å². The molecule has 6 heteroatoms. The molecular weight excluding hydrogens is 260 g/mol. The summed E-state index contributed by atoms with van der Waals surface area (Å²) in [4.78, 5) is 27.0. The fourth-order valence-corrected chi connectivity index (χ4v) is 2.86. The molecule has 110 valence electrons. The molecule has 0 bridgehead atoms. The van der Waals surface area contributed by atoms with E-state index in [1.807, 2.05) is 13.8 Å². The van der Waals surface area contributed by atoms with E-state index in [0.717, 1.165) is 17.7 Å². The molecule has 0 aliphatic carbocycles. The Hall–Kier alpha value is -1.69. The number of hydrogen-bond donors (Lipinski definition) is 1. The van der Waals surface area contributed by atoms with E-state index in [9.17, 15) is 9.59 Å². The third kappa shape index (κ3) is 2.60. The van der Waals surface area contributed by atoms with Crippen LogP contribution in [0, 0.1) is 13.8 Å². The highest BCUT2D eigenvalue weighted by Crippen LogP contribution is 2.28. The molecule has 20 heavy (non-hydrogen) atoms. The van der Waals surface area contributed by atoms with E-state index in [-0.39, 0.29) is 17.6 Å². The first-order valence-electron chi connectivity index (χ1n) is 6.74. The lowest BCUT2D eigenvalue weighted by molar-refractivity contribution is -0.136. The highest BCUT2D eigenvalue weighted by molar-refractivity contribution is 5.67. The highest BCUT2D eigenvalue weighted by Gasteiger charge is 2.34. The Morgan fingerprint density at radius 1 is 1.50 bits per heavy atom. The SMILES string of the molecule is Cc1nc(=O)n(C2(C)CCOC2)c(C)c1CCC(=O)O. The average Bonchev–Trinajstić information content (AvgIpc) is 2.75. The number of carboxylic acids is 1. The first-order valence-corrected chi connectivity index (χ1v) is 6.74. The molecule has 0 aromatic carbocycles. The number of aliphatic carboxylic acids is 1. The van der Waals surface area contributed by atoms with Gasteiger partial charge >= 0.3 is 11.7 Å². The Morgan fingerprint density at radius 3 is 2.75 bits per heavy atom. The maximum Gasteiger partial charge on any atom is 0.348 e. The Morgan fingerprint density at radius 2 is 2.20 bits per heavy atom. The molecule has 0 amide bonds. The molecule has 1 aliphatic heterocycles. The van der Waals surface area contributed by atoms with Crippen molar-refractivity contribution < 1.29 is 14.6 Å². The second kappa shape index (κ2) is 5.36. The quantitative estimate of drug-likeness (QED) is 0.890. The minimum absolute atomic E-state index is 0.0365. The summed E-state index contributed by atoms with van der Waals surface area (Å²) in [5.74, 6) is -0.850. The number of aromatic nitrogens is 2. The number of hydrogen-bond acceptors (Lipinski definition) is 4. The zero-order chi connectivity index (χ0) is 14.9. The maximum atomic E-state index is 12.2. The second-order valence-electron chi connectivity index (χ2n) is 5.57. The van der Waals surface area contributed by atoms with Gasteiger partial charge in [-0.1, -0.05) is 0 Å². The molecule has 1 aliphatic rings. The zero-order valence-corrected chi connectivity index (χ0v) is 12.1. The molecule has 0 spiro atoms. The lowest BCUT2D eigenvalue weighted by Gasteiger charge is -2.28. The van der Waals surface area contributed by atoms with Crippen LogP contribution in [-0.2, 0) is 21.5 Å². The van der Waals surface area contributed by atoms with Gasteiger partial charge in [-0.15, -0.1) is 0 Å². The summed E-state index contributed by atoms with van der Waals surface area (Å²) in [6, 6.07) is 0. The molecule has 1 aromatic heterocycles. The molecule has 6 nitrogen and oxygen atoms in total. The number of carboxylic acid groups (broad SMARTS) is 1. The van der Waals surface area contributed by atoms with Crippen LogP contribution in [0.1, 0.15) is 36.7 Å². The summed E-state index contributed by atoms with van der Waals surface area (Å²) < 4.78 is 7.08. The van der Waals surface area contributed by atoms with Crippen LogP contribution in [-0.4, -0.2) is 33.8 Å². The van der Waals surface area contributed by atoms with Crippen molar-refractivity contribution in [1.29, 1.82) is 0 Å². The summed E-state index contributed by atoms with van der Waals surface area (Å²) in [5, 5.41) is 8.83. The van der Waals surface area contributed by atoms with Gasteiger partial charge in [0.25, 0.3) is 0 Å². The standard InChI is InChI=1S/C14H20N2O4/c1-9-11(4-5-12(17)18)10(2)16(13(19)15-9)14(3)6-7-20-8-14/h4-8H2,1-3H3,(H,17,18). The lowest BCUT2D eigenvalue weighted by atomic mass is 9.98. The van der Waals surface area contributed by atoms with Gasteiger partial charge in [-0.2, -0.15) is 4.98 Å². The van der Waals surface area contributed by atoms with Crippen molar-refractivity contribution in [3.63, 3.8) is 0 Å². The van der Waals surface area contributed by atoms with Gasteiger partial charge in [0.05, 0.1) is 12.1 Å². The summed E-state index contributed by atoms with van der Waals surface area (Å²) in [7, 11) is 0. The first-order chi connectivity index (χ1) is 9.35. The summed E-state index contributed by atoms with van der Waals surface area (Å²) >= 11 is 0. The molecule has 1 atom stereocenters. The lowest BCUT2D eigenvalue weighted by Crippen LogP contribution is -2.42. The van der Waals surface area contributed by atoms with Crippen LogP contribution in [0.4, 0.5) is 0 Å². The van der Waals surface area contributed by atoms with E-state index >= 15 is 0 Å². The fourth-order valence-electron chi connectivity index (χ4n) is 2.86. The zero-order valence-electron chi connectivity index (χ0n) is 12.1. The molecule has 0 saturated carbocycles. The van der Waals surface area contributed by atoms with Crippen molar-refractivity contribution in [2.45, 2.75) is 45.6 Å². The molecule has 1 aromatic rings. The highest BCUT2D eigenvalue weighted by atomic mass is 16.5. The Bertz CT molecular complexity index is 586. The fraction of sp³-hybridized carbons (Fsp3) is 0.643.